The highest BCUT2D eigenvalue weighted by Gasteiger charge is 2.27. The highest BCUT2D eigenvalue weighted by Crippen LogP contribution is 2.35. The van der Waals surface area contributed by atoms with Crippen LogP contribution in [-0.2, 0) is 0 Å². The van der Waals surface area contributed by atoms with Crippen LogP contribution in [0.25, 0.3) is 0 Å². The number of nitrogens with zero attached hydrogens (tertiary/aromatic N) is 2. The molecule has 2 rings (SSSR count). The van der Waals surface area contributed by atoms with E-state index in [0.717, 1.165) is 18.2 Å². The predicted octanol–water partition coefficient (Wildman–Crippen LogP) is 4.20. The number of nitro benzene ring substituents is 2. The topological polar surface area (TPSA) is 115 Å². The molecule has 0 spiro atoms. The molecule has 8 nitrogen and oxygen atoms in total. The monoisotopic (exact) mass is 373 g/mol. The van der Waals surface area contributed by atoms with E-state index < -0.39 is 43.5 Å². The Morgan fingerprint density at radius 1 is 1.04 bits per heavy atom. The molecule has 0 saturated heterocycles. The van der Waals surface area contributed by atoms with Crippen LogP contribution in [0.1, 0.15) is 10.4 Å². The van der Waals surface area contributed by atoms with Gasteiger partial charge in [0.25, 0.3) is 17.3 Å². The van der Waals surface area contributed by atoms with Crippen molar-refractivity contribution in [1.29, 1.82) is 0 Å². The van der Waals surface area contributed by atoms with Gasteiger partial charge in [-0.1, -0.05) is 23.2 Å². The number of halogens is 3. The molecule has 0 bridgehead atoms. The van der Waals surface area contributed by atoms with Gasteiger partial charge in [0.05, 0.1) is 21.1 Å². The van der Waals surface area contributed by atoms with Crippen molar-refractivity contribution in [3.63, 3.8) is 0 Å². The molecule has 1 amide bonds. The summed E-state index contributed by atoms with van der Waals surface area (Å²) >= 11 is 11.2. The van der Waals surface area contributed by atoms with Crippen molar-refractivity contribution in [2.24, 2.45) is 0 Å². The minimum atomic E-state index is -0.987. The lowest BCUT2D eigenvalue weighted by Crippen LogP contribution is -2.14. The largest absolute Gasteiger partial charge is 0.319 e. The molecule has 124 valence electrons. The standard InChI is InChI=1S/C13H6Cl2FN3O5/c14-7-1-2-9(8(16)5-7)17-13(20)6-3-10(18(21)22)12(15)11(4-6)19(23)24/h1-5H,(H,17,20). The minimum Gasteiger partial charge on any atom is -0.319 e. The van der Waals surface area contributed by atoms with Gasteiger partial charge in [-0.15, -0.1) is 0 Å². The Bertz CT molecular complexity index is 840. The van der Waals surface area contributed by atoms with Crippen molar-refractivity contribution in [2.45, 2.75) is 0 Å². The van der Waals surface area contributed by atoms with Crippen LogP contribution in [0.5, 0.6) is 0 Å². The number of hydrogen-bond donors (Lipinski definition) is 1. The molecule has 0 aliphatic rings. The summed E-state index contributed by atoms with van der Waals surface area (Å²) in [6, 6.07) is 4.96. The second-order valence-corrected chi connectivity index (χ2v) is 5.24. The average Bonchev–Trinajstić information content (AvgIpc) is 2.49. The number of benzene rings is 2. The van der Waals surface area contributed by atoms with Crippen molar-refractivity contribution in [2.75, 3.05) is 5.32 Å². The van der Waals surface area contributed by atoms with E-state index in [9.17, 15) is 29.4 Å². The number of nitrogens with one attached hydrogen (secondary N) is 1. The zero-order valence-electron chi connectivity index (χ0n) is 11.5. The Balaban J connectivity index is 2.45. The number of carbonyl (C=O) groups is 1. The Kier molecular flexibility index (Phi) is 4.96. The van der Waals surface area contributed by atoms with Crippen molar-refractivity contribution < 1.29 is 19.0 Å². The molecule has 0 aromatic heterocycles. The molecule has 0 saturated carbocycles. The maximum Gasteiger partial charge on any atom is 0.295 e. The number of amides is 1. The molecule has 0 heterocycles. The average molecular weight is 374 g/mol. The van der Waals surface area contributed by atoms with Gasteiger partial charge in [0.2, 0.25) is 0 Å². The summed E-state index contributed by atoms with van der Waals surface area (Å²) in [4.78, 5) is 32.0. The van der Waals surface area contributed by atoms with Gasteiger partial charge < -0.3 is 5.32 Å². The summed E-state index contributed by atoms with van der Waals surface area (Å²) in [6.07, 6.45) is 0. The summed E-state index contributed by atoms with van der Waals surface area (Å²) in [6.45, 7) is 0. The smallest absolute Gasteiger partial charge is 0.295 e. The molecule has 0 radical (unpaired) electrons. The fraction of sp³-hybridized carbons (Fsp3) is 0. The Morgan fingerprint density at radius 2 is 1.58 bits per heavy atom. The summed E-state index contributed by atoms with van der Waals surface area (Å²) in [5, 5.41) is 23.4. The molecule has 11 heteroatoms. The highest BCUT2D eigenvalue weighted by atomic mass is 35.5. The lowest BCUT2D eigenvalue weighted by molar-refractivity contribution is -0.393. The molecule has 0 unspecified atom stereocenters. The molecule has 24 heavy (non-hydrogen) atoms. The summed E-state index contributed by atoms with van der Waals surface area (Å²) in [5.74, 6) is -1.83. The number of hydrogen-bond acceptors (Lipinski definition) is 5. The number of carbonyl (C=O) groups excluding carboxylic acids is 1. The molecule has 0 atom stereocenters. The van der Waals surface area contributed by atoms with Gasteiger partial charge in [-0.2, -0.15) is 0 Å². The van der Waals surface area contributed by atoms with E-state index in [4.69, 9.17) is 23.2 Å². The summed E-state index contributed by atoms with van der Waals surface area (Å²) in [7, 11) is 0. The lowest BCUT2D eigenvalue weighted by Gasteiger charge is -2.07. The molecule has 0 aliphatic heterocycles. The van der Waals surface area contributed by atoms with Gasteiger partial charge in [-0.25, -0.2) is 4.39 Å². The van der Waals surface area contributed by atoms with Crippen molar-refractivity contribution in [1.82, 2.24) is 0 Å². The van der Waals surface area contributed by atoms with Crippen LogP contribution in [0.4, 0.5) is 21.5 Å². The first kappa shape index (κ1) is 17.6. The van der Waals surface area contributed by atoms with Gasteiger partial charge in [0.1, 0.15) is 5.82 Å². The Labute approximate surface area is 143 Å². The summed E-state index contributed by atoms with van der Waals surface area (Å²) in [5.41, 5.74) is -2.29. The molecular weight excluding hydrogens is 368 g/mol. The third-order valence-electron chi connectivity index (χ3n) is 2.87. The van der Waals surface area contributed by atoms with Crippen molar-refractivity contribution in [3.05, 3.63) is 72.0 Å². The molecule has 2 aromatic rings. The predicted molar refractivity (Wildman–Crippen MR) is 84.1 cm³/mol. The van der Waals surface area contributed by atoms with Crippen LogP contribution in [0.15, 0.2) is 30.3 Å². The van der Waals surface area contributed by atoms with Gasteiger partial charge >= 0.3 is 0 Å². The second kappa shape index (κ2) is 6.77. The van der Waals surface area contributed by atoms with Crippen LogP contribution in [0.2, 0.25) is 10.0 Å². The minimum absolute atomic E-state index is 0.100. The first-order valence-electron chi connectivity index (χ1n) is 6.09. The number of anilines is 1. The molecule has 2 aromatic carbocycles. The molecule has 0 fully saturated rings. The number of rotatable bonds is 4. The maximum absolute atomic E-state index is 13.7. The van der Waals surface area contributed by atoms with E-state index in [1.165, 1.54) is 12.1 Å². The SMILES string of the molecule is O=C(Nc1ccc(Cl)cc1F)c1cc([N+](=O)[O-])c(Cl)c([N+](=O)[O-])c1. The Morgan fingerprint density at radius 3 is 2.04 bits per heavy atom. The van der Waals surface area contributed by atoms with Crippen LogP contribution in [-0.4, -0.2) is 15.8 Å². The third-order valence-corrected chi connectivity index (χ3v) is 3.49. The van der Waals surface area contributed by atoms with E-state index in [1.54, 1.807) is 0 Å². The van der Waals surface area contributed by atoms with Gasteiger partial charge in [0, 0.05) is 17.2 Å². The van der Waals surface area contributed by atoms with Gasteiger partial charge in [-0.3, -0.25) is 25.0 Å². The second-order valence-electron chi connectivity index (χ2n) is 4.42. The maximum atomic E-state index is 13.7. The zero-order valence-corrected chi connectivity index (χ0v) is 13.0. The van der Waals surface area contributed by atoms with Crippen LogP contribution in [0.3, 0.4) is 0 Å². The zero-order chi connectivity index (χ0) is 18.0. The molecule has 1 N–H and O–H groups in total. The van der Waals surface area contributed by atoms with Crippen LogP contribution < -0.4 is 5.32 Å². The van der Waals surface area contributed by atoms with Crippen molar-refractivity contribution in [3.8, 4) is 0 Å². The lowest BCUT2D eigenvalue weighted by atomic mass is 10.1. The fourth-order valence-corrected chi connectivity index (χ4v) is 2.18. The van der Waals surface area contributed by atoms with Gasteiger partial charge in [0.15, 0.2) is 5.02 Å². The van der Waals surface area contributed by atoms with E-state index in [0.29, 0.717) is 0 Å². The Hall–Kier alpha value is -2.78. The quantitative estimate of drug-likeness (QED) is 0.636. The first-order chi connectivity index (χ1) is 11.2. The fourth-order valence-electron chi connectivity index (χ4n) is 1.78. The van der Waals surface area contributed by atoms with E-state index in [2.05, 4.69) is 5.32 Å². The molecular formula is C13H6Cl2FN3O5. The number of nitro groups is 2. The first-order valence-corrected chi connectivity index (χ1v) is 6.85. The van der Waals surface area contributed by atoms with E-state index in [-0.39, 0.29) is 10.7 Å². The van der Waals surface area contributed by atoms with Gasteiger partial charge in [-0.05, 0) is 18.2 Å². The van der Waals surface area contributed by atoms with E-state index >= 15 is 0 Å². The van der Waals surface area contributed by atoms with Crippen LogP contribution in [0, 0.1) is 26.0 Å². The normalized spacial score (nSPS) is 10.3. The highest BCUT2D eigenvalue weighted by molar-refractivity contribution is 6.35. The molecule has 0 aliphatic carbocycles. The van der Waals surface area contributed by atoms with Crippen molar-refractivity contribution >= 4 is 46.2 Å². The van der Waals surface area contributed by atoms with E-state index in [1.807, 2.05) is 0 Å². The third kappa shape index (κ3) is 3.58. The summed E-state index contributed by atoms with van der Waals surface area (Å²) < 4.78 is 13.7. The van der Waals surface area contributed by atoms with Crippen LogP contribution >= 0.6 is 23.2 Å².